The van der Waals surface area contributed by atoms with Gasteiger partial charge in [0.05, 0.1) is 13.7 Å². The van der Waals surface area contributed by atoms with E-state index >= 15 is 0 Å². The molecule has 0 amide bonds. The molecule has 0 spiro atoms. The Morgan fingerprint density at radius 2 is 2.41 bits per heavy atom. The number of ether oxygens (including phenoxy) is 2. The molecule has 1 aliphatic rings. The molecule has 0 aromatic heterocycles. The van der Waals surface area contributed by atoms with Crippen LogP contribution in [0.4, 0.5) is 0 Å². The highest BCUT2D eigenvalue weighted by Gasteiger charge is 2.21. The summed E-state index contributed by atoms with van der Waals surface area (Å²) in [6, 6.07) is 8.01. The van der Waals surface area contributed by atoms with Crippen LogP contribution in [-0.4, -0.2) is 25.7 Å². The summed E-state index contributed by atoms with van der Waals surface area (Å²) in [5, 5.41) is 3.02. The van der Waals surface area contributed by atoms with Gasteiger partial charge >= 0.3 is 5.97 Å². The maximum Gasteiger partial charge on any atom is 0.331 e. The van der Waals surface area contributed by atoms with Crippen LogP contribution in [0.1, 0.15) is 5.56 Å². The minimum Gasteiger partial charge on any atom is -0.488 e. The van der Waals surface area contributed by atoms with E-state index in [0.29, 0.717) is 6.54 Å². The summed E-state index contributed by atoms with van der Waals surface area (Å²) in [6.07, 6.45) is 3.95. The molecule has 0 aliphatic carbocycles. The summed E-state index contributed by atoms with van der Waals surface area (Å²) in [5.41, 5.74) is 1.23. The number of para-hydroxylation sites is 1. The van der Waals surface area contributed by atoms with Crippen LogP contribution in [-0.2, 0) is 16.0 Å². The van der Waals surface area contributed by atoms with Gasteiger partial charge < -0.3 is 14.8 Å². The molecule has 90 valence electrons. The number of carbonyl (C=O) groups is 1. The molecule has 1 aliphatic heterocycles. The van der Waals surface area contributed by atoms with Gasteiger partial charge in [-0.25, -0.2) is 4.79 Å². The summed E-state index contributed by atoms with van der Waals surface area (Å²) in [7, 11) is 1.35. The molecule has 0 fully saturated rings. The highest BCUT2D eigenvalue weighted by molar-refractivity contribution is 5.81. The normalized spacial score (nSPS) is 17.6. The minimum absolute atomic E-state index is 0.120. The SMILES string of the molecule is COC(=O)/C=C/NCC1Cc2ccccc2O1. The van der Waals surface area contributed by atoms with E-state index in [1.54, 1.807) is 6.20 Å². The van der Waals surface area contributed by atoms with Crippen LogP contribution >= 0.6 is 0 Å². The van der Waals surface area contributed by atoms with Crippen LogP contribution in [0.5, 0.6) is 5.75 Å². The van der Waals surface area contributed by atoms with Gasteiger partial charge in [-0.3, -0.25) is 0 Å². The van der Waals surface area contributed by atoms with E-state index in [-0.39, 0.29) is 12.1 Å². The van der Waals surface area contributed by atoms with Crippen LogP contribution < -0.4 is 10.1 Å². The third-order valence-corrected chi connectivity index (χ3v) is 2.60. The molecule has 0 saturated carbocycles. The van der Waals surface area contributed by atoms with Gasteiger partial charge in [0, 0.05) is 18.7 Å². The van der Waals surface area contributed by atoms with E-state index in [2.05, 4.69) is 16.1 Å². The second kappa shape index (κ2) is 5.39. The molecule has 4 heteroatoms. The third kappa shape index (κ3) is 3.00. The Hall–Kier alpha value is -1.97. The number of esters is 1. The van der Waals surface area contributed by atoms with Gasteiger partial charge in [-0.1, -0.05) is 18.2 Å². The highest BCUT2D eigenvalue weighted by atomic mass is 16.5. The van der Waals surface area contributed by atoms with E-state index in [4.69, 9.17) is 4.74 Å². The van der Waals surface area contributed by atoms with E-state index in [1.165, 1.54) is 18.7 Å². The second-order valence-electron chi connectivity index (χ2n) is 3.82. The molecule has 0 radical (unpaired) electrons. The summed E-state index contributed by atoms with van der Waals surface area (Å²) in [4.78, 5) is 10.8. The number of carbonyl (C=O) groups excluding carboxylic acids is 1. The molecule has 1 heterocycles. The van der Waals surface area contributed by atoms with Crippen LogP contribution in [0, 0.1) is 0 Å². The molecule has 2 rings (SSSR count). The molecule has 0 bridgehead atoms. The first kappa shape index (κ1) is 11.5. The first-order valence-corrected chi connectivity index (χ1v) is 5.52. The van der Waals surface area contributed by atoms with Crippen LogP contribution in [0.3, 0.4) is 0 Å². The Morgan fingerprint density at radius 3 is 3.18 bits per heavy atom. The maximum absolute atomic E-state index is 10.8. The Labute approximate surface area is 100 Å². The molecule has 1 N–H and O–H groups in total. The lowest BCUT2D eigenvalue weighted by Crippen LogP contribution is -2.27. The first-order chi connectivity index (χ1) is 8.29. The van der Waals surface area contributed by atoms with Gasteiger partial charge in [0.1, 0.15) is 11.9 Å². The van der Waals surface area contributed by atoms with Crippen molar-refractivity contribution < 1.29 is 14.3 Å². The molecule has 1 aromatic rings. The molecule has 17 heavy (non-hydrogen) atoms. The number of rotatable bonds is 4. The predicted molar refractivity (Wildman–Crippen MR) is 63.7 cm³/mol. The molecule has 4 nitrogen and oxygen atoms in total. The van der Waals surface area contributed by atoms with Gasteiger partial charge in [-0.05, 0) is 11.6 Å². The predicted octanol–water partition coefficient (Wildman–Crippen LogP) is 1.27. The smallest absolute Gasteiger partial charge is 0.331 e. The fourth-order valence-corrected chi connectivity index (χ4v) is 1.76. The van der Waals surface area contributed by atoms with Crippen molar-refractivity contribution in [2.75, 3.05) is 13.7 Å². The van der Waals surface area contributed by atoms with E-state index in [1.807, 2.05) is 18.2 Å². The fourth-order valence-electron chi connectivity index (χ4n) is 1.76. The molecule has 1 atom stereocenters. The van der Waals surface area contributed by atoms with Gasteiger partial charge in [-0.2, -0.15) is 0 Å². The molecule has 1 unspecified atom stereocenters. The Morgan fingerprint density at radius 1 is 1.59 bits per heavy atom. The van der Waals surface area contributed by atoms with Crippen molar-refractivity contribution in [3.05, 3.63) is 42.1 Å². The summed E-state index contributed by atoms with van der Waals surface area (Å²) in [5.74, 6) is 0.587. The average molecular weight is 233 g/mol. The standard InChI is InChI=1S/C13H15NO3/c1-16-13(15)6-7-14-9-11-8-10-4-2-3-5-12(10)17-11/h2-7,11,14H,8-9H2,1H3/b7-6+. The molecular formula is C13H15NO3. The number of hydrogen-bond acceptors (Lipinski definition) is 4. The van der Waals surface area contributed by atoms with Gasteiger partial charge in [0.2, 0.25) is 0 Å². The average Bonchev–Trinajstić information content (AvgIpc) is 2.76. The summed E-state index contributed by atoms with van der Waals surface area (Å²) in [6.45, 7) is 0.669. The zero-order chi connectivity index (χ0) is 12.1. The van der Waals surface area contributed by atoms with Crippen molar-refractivity contribution in [1.82, 2.24) is 5.32 Å². The number of fused-ring (bicyclic) bond motifs is 1. The lowest BCUT2D eigenvalue weighted by atomic mass is 10.1. The van der Waals surface area contributed by atoms with Crippen molar-refractivity contribution in [3.8, 4) is 5.75 Å². The largest absolute Gasteiger partial charge is 0.488 e. The number of nitrogens with one attached hydrogen (secondary N) is 1. The number of methoxy groups -OCH3 is 1. The van der Waals surface area contributed by atoms with Crippen LogP contribution in [0.15, 0.2) is 36.5 Å². The maximum atomic E-state index is 10.8. The summed E-state index contributed by atoms with van der Waals surface area (Å²) < 4.78 is 10.2. The lowest BCUT2D eigenvalue weighted by Gasteiger charge is -2.09. The van der Waals surface area contributed by atoms with Gasteiger partial charge in [0.25, 0.3) is 0 Å². The fraction of sp³-hybridized carbons (Fsp3) is 0.308. The van der Waals surface area contributed by atoms with Crippen molar-refractivity contribution in [2.45, 2.75) is 12.5 Å². The van der Waals surface area contributed by atoms with E-state index in [0.717, 1.165) is 12.2 Å². The Kier molecular flexibility index (Phi) is 3.65. The monoisotopic (exact) mass is 233 g/mol. The molecule has 1 aromatic carbocycles. The minimum atomic E-state index is -0.367. The van der Waals surface area contributed by atoms with Crippen molar-refractivity contribution in [1.29, 1.82) is 0 Å². The second-order valence-corrected chi connectivity index (χ2v) is 3.82. The quantitative estimate of drug-likeness (QED) is 0.628. The van der Waals surface area contributed by atoms with E-state index < -0.39 is 0 Å². The van der Waals surface area contributed by atoms with Crippen molar-refractivity contribution in [2.24, 2.45) is 0 Å². The van der Waals surface area contributed by atoms with Crippen LogP contribution in [0.2, 0.25) is 0 Å². The Balaban J connectivity index is 1.77. The van der Waals surface area contributed by atoms with E-state index in [9.17, 15) is 4.79 Å². The van der Waals surface area contributed by atoms with Crippen molar-refractivity contribution in [3.63, 3.8) is 0 Å². The van der Waals surface area contributed by atoms with Gasteiger partial charge in [-0.15, -0.1) is 0 Å². The Bertz CT molecular complexity index is 403. The topological polar surface area (TPSA) is 47.6 Å². The highest BCUT2D eigenvalue weighted by Crippen LogP contribution is 2.27. The lowest BCUT2D eigenvalue weighted by molar-refractivity contribution is -0.134. The van der Waals surface area contributed by atoms with Gasteiger partial charge in [0.15, 0.2) is 0 Å². The molecular weight excluding hydrogens is 218 g/mol. The zero-order valence-corrected chi connectivity index (χ0v) is 9.68. The zero-order valence-electron chi connectivity index (χ0n) is 9.68. The first-order valence-electron chi connectivity index (χ1n) is 5.52. The number of hydrogen-bond donors (Lipinski definition) is 1. The molecule has 0 saturated heterocycles. The third-order valence-electron chi connectivity index (χ3n) is 2.60. The van der Waals surface area contributed by atoms with Crippen LogP contribution in [0.25, 0.3) is 0 Å². The number of benzene rings is 1. The van der Waals surface area contributed by atoms with Crippen molar-refractivity contribution >= 4 is 5.97 Å². The summed E-state index contributed by atoms with van der Waals surface area (Å²) >= 11 is 0.